The number of nitrogens with zero attached hydrogens (tertiary/aromatic N) is 1. The Balaban J connectivity index is 2.84. The average Bonchev–Trinajstić information content (AvgIpc) is 2.30. The van der Waals surface area contributed by atoms with Gasteiger partial charge in [-0.1, -0.05) is 0 Å². The molecule has 2 unspecified atom stereocenters. The lowest BCUT2D eigenvalue weighted by Gasteiger charge is -2.10. The third-order valence-corrected chi connectivity index (χ3v) is 1.97. The Kier molecular flexibility index (Phi) is 2.12. The van der Waals surface area contributed by atoms with E-state index in [2.05, 4.69) is 4.99 Å². The lowest BCUT2D eigenvalue weighted by Crippen LogP contribution is -2.31. The molecule has 0 aromatic rings. The zero-order valence-corrected chi connectivity index (χ0v) is 6.52. The second-order valence-corrected chi connectivity index (χ2v) is 2.74. The summed E-state index contributed by atoms with van der Waals surface area (Å²) in [6.07, 6.45) is 0. The summed E-state index contributed by atoms with van der Waals surface area (Å²) in [7, 11) is 0. The lowest BCUT2D eigenvalue weighted by atomic mass is 9.92. The van der Waals surface area contributed by atoms with Crippen molar-refractivity contribution in [1.29, 1.82) is 0 Å². The van der Waals surface area contributed by atoms with Crippen LogP contribution in [0.25, 0.3) is 0 Å². The first-order valence-electron chi connectivity index (χ1n) is 3.50. The molecule has 5 heteroatoms. The summed E-state index contributed by atoms with van der Waals surface area (Å²) in [6, 6.07) is 0. The van der Waals surface area contributed by atoms with Crippen LogP contribution in [0.15, 0.2) is 4.99 Å². The standard InChI is InChI=1S/C7H9NO4/c1-3-5(7(11)12)4(2-8-3)6(9)10/h4-5H,2H2,1H3,(H,9,10)(H,11,12). The molecular weight excluding hydrogens is 162 g/mol. The maximum atomic E-state index is 10.6. The first-order valence-corrected chi connectivity index (χ1v) is 3.50. The van der Waals surface area contributed by atoms with Crippen molar-refractivity contribution < 1.29 is 19.8 Å². The molecule has 1 heterocycles. The number of rotatable bonds is 2. The molecule has 0 saturated carbocycles. The van der Waals surface area contributed by atoms with E-state index in [1.165, 1.54) is 0 Å². The van der Waals surface area contributed by atoms with Crippen LogP contribution in [0.4, 0.5) is 0 Å². The fourth-order valence-electron chi connectivity index (χ4n) is 1.31. The number of aliphatic imine (C=N–C) groups is 1. The number of aliphatic carboxylic acids is 2. The Hall–Kier alpha value is -1.39. The van der Waals surface area contributed by atoms with Gasteiger partial charge in [-0.3, -0.25) is 14.6 Å². The lowest BCUT2D eigenvalue weighted by molar-refractivity contribution is -0.150. The van der Waals surface area contributed by atoms with Gasteiger partial charge in [0.2, 0.25) is 0 Å². The van der Waals surface area contributed by atoms with Crippen LogP contribution in [0, 0.1) is 11.8 Å². The Bertz CT molecular complexity index is 258. The second kappa shape index (κ2) is 2.92. The van der Waals surface area contributed by atoms with Gasteiger partial charge in [0, 0.05) is 5.71 Å². The van der Waals surface area contributed by atoms with Gasteiger partial charge in [0.25, 0.3) is 0 Å². The Labute approximate surface area is 68.7 Å². The topological polar surface area (TPSA) is 87.0 Å². The van der Waals surface area contributed by atoms with Crippen molar-refractivity contribution in [3.8, 4) is 0 Å². The molecule has 66 valence electrons. The highest BCUT2D eigenvalue weighted by atomic mass is 16.4. The van der Waals surface area contributed by atoms with Gasteiger partial charge in [0.15, 0.2) is 0 Å². The summed E-state index contributed by atoms with van der Waals surface area (Å²) >= 11 is 0. The van der Waals surface area contributed by atoms with E-state index in [9.17, 15) is 9.59 Å². The van der Waals surface area contributed by atoms with Crippen LogP contribution in [0.3, 0.4) is 0 Å². The molecular formula is C7H9NO4. The minimum absolute atomic E-state index is 0.0815. The van der Waals surface area contributed by atoms with E-state index >= 15 is 0 Å². The quantitative estimate of drug-likeness (QED) is 0.605. The second-order valence-electron chi connectivity index (χ2n) is 2.74. The SMILES string of the molecule is CC1=NCC(C(=O)O)C1C(=O)O. The Morgan fingerprint density at radius 3 is 2.33 bits per heavy atom. The molecule has 0 saturated heterocycles. The molecule has 2 N–H and O–H groups in total. The highest BCUT2D eigenvalue weighted by Crippen LogP contribution is 2.21. The Morgan fingerprint density at radius 1 is 1.42 bits per heavy atom. The molecule has 0 amide bonds. The first kappa shape index (κ1) is 8.70. The summed E-state index contributed by atoms with van der Waals surface area (Å²) in [5, 5.41) is 17.3. The smallest absolute Gasteiger partial charge is 0.313 e. The van der Waals surface area contributed by atoms with Gasteiger partial charge >= 0.3 is 11.9 Å². The summed E-state index contributed by atoms with van der Waals surface area (Å²) < 4.78 is 0. The van der Waals surface area contributed by atoms with Crippen LogP contribution >= 0.6 is 0 Å². The number of hydrogen-bond acceptors (Lipinski definition) is 3. The van der Waals surface area contributed by atoms with Crippen LogP contribution in [0.5, 0.6) is 0 Å². The van der Waals surface area contributed by atoms with Gasteiger partial charge in [-0.2, -0.15) is 0 Å². The van der Waals surface area contributed by atoms with Crippen molar-refractivity contribution in [2.75, 3.05) is 6.54 Å². The van der Waals surface area contributed by atoms with Gasteiger partial charge in [-0.25, -0.2) is 0 Å². The monoisotopic (exact) mass is 171 g/mol. The molecule has 5 nitrogen and oxygen atoms in total. The van der Waals surface area contributed by atoms with Crippen LogP contribution in [-0.2, 0) is 9.59 Å². The molecule has 1 aliphatic heterocycles. The number of carbonyl (C=O) groups is 2. The van der Waals surface area contributed by atoms with Gasteiger partial charge in [0.05, 0.1) is 12.5 Å². The molecule has 0 spiro atoms. The van der Waals surface area contributed by atoms with Crippen molar-refractivity contribution in [3.05, 3.63) is 0 Å². The maximum Gasteiger partial charge on any atom is 0.313 e. The summed E-state index contributed by atoms with van der Waals surface area (Å²) in [6.45, 7) is 1.62. The largest absolute Gasteiger partial charge is 0.481 e. The van der Waals surface area contributed by atoms with Crippen molar-refractivity contribution in [3.63, 3.8) is 0 Å². The average molecular weight is 171 g/mol. The van der Waals surface area contributed by atoms with Gasteiger partial charge in [-0.15, -0.1) is 0 Å². The van der Waals surface area contributed by atoms with E-state index in [1.54, 1.807) is 6.92 Å². The molecule has 1 rings (SSSR count). The summed E-state index contributed by atoms with van der Waals surface area (Å²) in [5.41, 5.74) is 0.398. The van der Waals surface area contributed by atoms with Crippen molar-refractivity contribution >= 4 is 17.7 Å². The normalized spacial score (nSPS) is 28.2. The third kappa shape index (κ3) is 1.30. The molecule has 0 aromatic heterocycles. The zero-order valence-electron chi connectivity index (χ0n) is 6.52. The van der Waals surface area contributed by atoms with Crippen molar-refractivity contribution in [2.45, 2.75) is 6.92 Å². The molecule has 0 radical (unpaired) electrons. The fraction of sp³-hybridized carbons (Fsp3) is 0.571. The zero-order chi connectivity index (χ0) is 9.30. The van der Waals surface area contributed by atoms with Crippen molar-refractivity contribution in [2.24, 2.45) is 16.8 Å². The van der Waals surface area contributed by atoms with Crippen LogP contribution in [0.1, 0.15) is 6.92 Å². The van der Waals surface area contributed by atoms with E-state index in [4.69, 9.17) is 10.2 Å². The summed E-state index contributed by atoms with van der Waals surface area (Å²) in [5.74, 6) is -4.03. The van der Waals surface area contributed by atoms with Crippen LogP contribution < -0.4 is 0 Å². The number of hydrogen-bond donors (Lipinski definition) is 2. The molecule has 1 aliphatic rings. The van der Waals surface area contributed by atoms with E-state index in [0.29, 0.717) is 5.71 Å². The van der Waals surface area contributed by atoms with E-state index in [-0.39, 0.29) is 6.54 Å². The molecule has 0 aromatic carbocycles. The minimum atomic E-state index is -1.11. The molecule has 0 bridgehead atoms. The number of carboxylic acid groups (broad SMARTS) is 2. The molecule has 0 aliphatic carbocycles. The van der Waals surface area contributed by atoms with Gasteiger partial charge < -0.3 is 10.2 Å². The first-order chi connectivity index (χ1) is 5.54. The Morgan fingerprint density at radius 2 is 2.00 bits per heavy atom. The molecule has 0 fully saturated rings. The summed E-state index contributed by atoms with van der Waals surface area (Å²) in [4.78, 5) is 24.9. The van der Waals surface area contributed by atoms with Gasteiger partial charge in [0.1, 0.15) is 5.92 Å². The van der Waals surface area contributed by atoms with Crippen LogP contribution in [-0.4, -0.2) is 34.4 Å². The minimum Gasteiger partial charge on any atom is -0.481 e. The third-order valence-electron chi connectivity index (χ3n) is 1.97. The molecule has 12 heavy (non-hydrogen) atoms. The van der Waals surface area contributed by atoms with E-state index < -0.39 is 23.8 Å². The van der Waals surface area contributed by atoms with Crippen molar-refractivity contribution in [1.82, 2.24) is 0 Å². The highest BCUT2D eigenvalue weighted by molar-refractivity contribution is 6.05. The van der Waals surface area contributed by atoms with Crippen LogP contribution in [0.2, 0.25) is 0 Å². The number of carboxylic acids is 2. The maximum absolute atomic E-state index is 10.6. The van der Waals surface area contributed by atoms with E-state index in [1.807, 2.05) is 0 Å². The highest BCUT2D eigenvalue weighted by Gasteiger charge is 2.39. The predicted octanol–water partition coefficient (Wildman–Crippen LogP) is -0.138. The van der Waals surface area contributed by atoms with Gasteiger partial charge in [-0.05, 0) is 6.92 Å². The fourth-order valence-corrected chi connectivity index (χ4v) is 1.31. The predicted molar refractivity (Wildman–Crippen MR) is 40.2 cm³/mol. The molecule has 2 atom stereocenters. The van der Waals surface area contributed by atoms with E-state index in [0.717, 1.165) is 0 Å².